The Kier molecular flexibility index (Phi) is 4.88. The normalized spacial score (nSPS) is 35.7. The van der Waals surface area contributed by atoms with Gasteiger partial charge in [0.2, 0.25) is 6.10 Å². The van der Waals surface area contributed by atoms with E-state index < -0.39 is 60.5 Å². The van der Waals surface area contributed by atoms with Gasteiger partial charge in [-0.3, -0.25) is 14.4 Å². The summed E-state index contributed by atoms with van der Waals surface area (Å²) in [7, 11) is 0. The molecule has 2 aliphatic rings. The summed E-state index contributed by atoms with van der Waals surface area (Å²) in [6.45, 7) is 5.12. The summed E-state index contributed by atoms with van der Waals surface area (Å²) in [5, 5.41) is 0. The molecule has 6 atom stereocenters. The molecule has 2 unspecified atom stereocenters. The first-order valence-corrected chi connectivity index (χ1v) is 7.08. The topological polar surface area (TPSA) is 114 Å². The van der Waals surface area contributed by atoms with E-state index in [1.165, 1.54) is 13.8 Å². The third-order valence-electron chi connectivity index (χ3n) is 3.49. The predicted molar refractivity (Wildman–Crippen MR) is 70.9 cm³/mol. The number of carbonyl (C=O) groups is 4. The lowest BCUT2D eigenvalue weighted by Crippen LogP contribution is -2.60. The molecule has 0 aromatic heterocycles. The van der Waals surface area contributed by atoms with Crippen molar-refractivity contribution in [3.05, 3.63) is 0 Å². The Bertz CT molecular complexity index is 528. The number of fused-ring (bicyclic) bond motifs is 1. The quantitative estimate of drug-likeness (QED) is 0.498. The minimum atomic E-state index is -1.25. The van der Waals surface area contributed by atoms with Gasteiger partial charge in [0, 0.05) is 20.8 Å². The van der Waals surface area contributed by atoms with E-state index in [4.69, 9.17) is 23.7 Å². The van der Waals surface area contributed by atoms with Gasteiger partial charge in [0.1, 0.15) is 6.10 Å². The first kappa shape index (κ1) is 17.2. The van der Waals surface area contributed by atoms with Crippen molar-refractivity contribution in [2.45, 2.75) is 64.3 Å². The zero-order valence-electron chi connectivity index (χ0n) is 13.1. The van der Waals surface area contributed by atoms with E-state index in [9.17, 15) is 19.2 Å². The maximum atomic E-state index is 11.9. The molecular formula is C14H18O9. The van der Waals surface area contributed by atoms with Crippen LogP contribution in [0.3, 0.4) is 0 Å². The van der Waals surface area contributed by atoms with Crippen molar-refractivity contribution >= 4 is 23.9 Å². The fraction of sp³-hybridized carbons (Fsp3) is 0.714. The van der Waals surface area contributed by atoms with E-state index in [0.717, 1.165) is 6.92 Å². The predicted octanol–water partition coefficient (Wildman–Crippen LogP) is -0.506. The number of ether oxygens (including phenoxy) is 5. The molecule has 2 heterocycles. The molecule has 9 nitrogen and oxygen atoms in total. The van der Waals surface area contributed by atoms with Gasteiger partial charge < -0.3 is 23.7 Å². The van der Waals surface area contributed by atoms with Crippen LogP contribution in [0.25, 0.3) is 0 Å². The molecule has 0 aliphatic carbocycles. The van der Waals surface area contributed by atoms with Crippen LogP contribution in [0.5, 0.6) is 0 Å². The summed E-state index contributed by atoms with van der Waals surface area (Å²) >= 11 is 0. The maximum absolute atomic E-state index is 11.9. The zero-order valence-corrected chi connectivity index (χ0v) is 13.1. The number of esters is 4. The molecular weight excluding hydrogens is 312 g/mol. The van der Waals surface area contributed by atoms with Gasteiger partial charge in [-0.2, -0.15) is 0 Å². The molecule has 23 heavy (non-hydrogen) atoms. The number of rotatable bonds is 3. The second-order valence-corrected chi connectivity index (χ2v) is 5.39. The summed E-state index contributed by atoms with van der Waals surface area (Å²) in [6, 6.07) is 0. The fourth-order valence-electron chi connectivity index (χ4n) is 2.73. The van der Waals surface area contributed by atoms with Gasteiger partial charge >= 0.3 is 23.9 Å². The minimum Gasteiger partial charge on any atom is -0.456 e. The molecule has 2 aliphatic heterocycles. The fourth-order valence-corrected chi connectivity index (χ4v) is 2.73. The van der Waals surface area contributed by atoms with Gasteiger partial charge in [0.15, 0.2) is 18.3 Å². The van der Waals surface area contributed by atoms with Crippen molar-refractivity contribution in [3.63, 3.8) is 0 Å². The van der Waals surface area contributed by atoms with Gasteiger partial charge in [-0.05, 0) is 6.92 Å². The maximum Gasteiger partial charge on any atom is 0.350 e. The van der Waals surface area contributed by atoms with E-state index >= 15 is 0 Å². The van der Waals surface area contributed by atoms with Crippen molar-refractivity contribution in [2.75, 3.05) is 0 Å². The van der Waals surface area contributed by atoms with Gasteiger partial charge in [-0.25, -0.2) is 4.79 Å². The SMILES string of the molecule is CC(=O)OC1C(=O)O[C@H]2C1O[C@@H](C)[C@H](OC(C)=O)[C@H]2OC(C)=O. The lowest BCUT2D eigenvalue weighted by molar-refractivity contribution is -0.233. The molecule has 0 radical (unpaired) electrons. The highest BCUT2D eigenvalue weighted by atomic mass is 16.7. The lowest BCUT2D eigenvalue weighted by Gasteiger charge is -2.40. The minimum absolute atomic E-state index is 0.595. The van der Waals surface area contributed by atoms with Crippen LogP contribution in [0.4, 0.5) is 0 Å². The number of hydrogen-bond donors (Lipinski definition) is 0. The average Bonchev–Trinajstić information content (AvgIpc) is 2.69. The van der Waals surface area contributed by atoms with E-state index in [1.807, 2.05) is 0 Å². The highest BCUT2D eigenvalue weighted by Gasteiger charge is 2.59. The first-order chi connectivity index (χ1) is 10.7. The smallest absolute Gasteiger partial charge is 0.350 e. The molecule has 0 aromatic carbocycles. The second kappa shape index (κ2) is 6.53. The van der Waals surface area contributed by atoms with Crippen LogP contribution in [0.1, 0.15) is 27.7 Å². The molecule has 0 amide bonds. The number of carbonyl (C=O) groups excluding carboxylic acids is 4. The van der Waals surface area contributed by atoms with Crippen molar-refractivity contribution in [2.24, 2.45) is 0 Å². The van der Waals surface area contributed by atoms with Crippen molar-refractivity contribution < 1.29 is 42.9 Å². The summed E-state index contributed by atoms with van der Waals surface area (Å²) in [5.41, 5.74) is 0. The van der Waals surface area contributed by atoms with Gasteiger partial charge in [0.05, 0.1) is 6.10 Å². The molecule has 128 valence electrons. The zero-order chi connectivity index (χ0) is 17.3. The molecule has 0 aromatic rings. The molecule has 2 fully saturated rings. The van der Waals surface area contributed by atoms with E-state index in [0.29, 0.717) is 0 Å². The molecule has 2 saturated heterocycles. The van der Waals surface area contributed by atoms with Crippen molar-refractivity contribution in [1.82, 2.24) is 0 Å². The van der Waals surface area contributed by atoms with Gasteiger partial charge in [-0.1, -0.05) is 0 Å². The third kappa shape index (κ3) is 3.61. The Morgan fingerprint density at radius 3 is 1.91 bits per heavy atom. The number of hydrogen-bond acceptors (Lipinski definition) is 9. The third-order valence-corrected chi connectivity index (χ3v) is 3.49. The van der Waals surface area contributed by atoms with Gasteiger partial charge in [-0.15, -0.1) is 0 Å². The standard InChI is InChI=1S/C14H18O9/c1-5-9(20-6(2)15)10(21-7(3)16)11-12(19-5)13(14(18)23-11)22-8(4)17/h5,9-13H,1-4H3/t5-,9-,10+,11+,12?,13?/m0/s1. The summed E-state index contributed by atoms with van der Waals surface area (Å²) in [6.07, 6.45) is -5.92. The second-order valence-electron chi connectivity index (χ2n) is 5.39. The largest absolute Gasteiger partial charge is 0.456 e. The van der Waals surface area contributed by atoms with Crippen LogP contribution in [0, 0.1) is 0 Å². The highest BCUT2D eigenvalue weighted by Crippen LogP contribution is 2.35. The van der Waals surface area contributed by atoms with E-state index in [1.54, 1.807) is 6.92 Å². The van der Waals surface area contributed by atoms with Crippen molar-refractivity contribution in [1.29, 1.82) is 0 Å². The monoisotopic (exact) mass is 330 g/mol. The molecule has 9 heteroatoms. The average molecular weight is 330 g/mol. The van der Waals surface area contributed by atoms with Crippen LogP contribution in [0.2, 0.25) is 0 Å². The Hall–Kier alpha value is -2.16. The molecule has 0 spiro atoms. The molecule has 0 saturated carbocycles. The van der Waals surface area contributed by atoms with Crippen LogP contribution in [-0.2, 0) is 42.9 Å². The lowest BCUT2D eigenvalue weighted by atomic mass is 9.94. The first-order valence-electron chi connectivity index (χ1n) is 7.08. The highest BCUT2D eigenvalue weighted by molar-refractivity contribution is 5.81. The molecule has 0 bridgehead atoms. The van der Waals surface area contributed by atoms with Gasteiger partial charge in [0.25, 0.3) is 0 Å². The van der Waals surface area contributed by atoms with Crippen LogP contribution in [-0.4, -0.2) is 60.5 Å². The Morgan fingerprint density at radius 2 is 1.39 bits per heavy atom. The van der Waals surface area contributed by atoms with Crippen molar-refractivity contribution in [3.8, 4) is 0 Å². The summed E-state index contributed by atoms with van der Waals surface area (Å²) < 4.78 is 26.0. The molecule has 0 N–H and O–H groups in total. The van der Waals surface area contributed by atoms with Crippen LogP contribution in [0.15, 0.2) is 0 Å². The Morgan fingerprint density at radius 1 is 0.870 bits per heavy atom. The molecule has 2 rings (SSSR count). The Balaban J connectivity index is 2.28. The van der Waals surface area contributed by atoms with Crippen LogP contribution < -0.4 is 0 Å². The summed E-state index contributed by atoms with van der Waals surface area (Å²) in [5.74, 6) is -2.70. The van der Waals surface area contributed by atoms with E-state index in [2.05, 4.69) is 0 Å². The van der Waals surface area contributed by atoms with Crippen LogP contribution >= 0.6 is 0 Å². The summed E-state index contributed by atoms with van der Waals surface area (Å²) in [4.78, 5) is 45.7. The Labute approximate surface area is 132 Å². The van der Waals surface area contributed by atoms with E-state index in [-0.39, 0.29) is 0 Å².